The summed E-state index contributed by atoms with van der Waals surface area (Å²) in [6.07, 6.45) is 2.06. The molecule has 3 aromatic rings. The van der Waals surface area contributed by atoms with Crippen molar-refractivity contribution in [1.82, 2.24) is 5.16 Å². The summed E-state index contributed by atoms with van der Waals surface area (Å²) in [6.45, 7) is 0.108. The Labute approximate surface area is 179 Å². The van der Waals surface area contributed by atoms with Gasteiger partial charge in [-0.05, 0) is 48.4 Å². The van der Waals surface area contributed by atoms with Gasteiger partial charge >= 0.3 is 10.9 Å². The van der Waals surface area contributed by atoms with Crippen molar-refractivity contribution in [3.05, 3.63) is 59.8 Å². The highest BCUT2D eigenvalue weighted by atomic mass is 32.2. The zero-order valence-electron chi connectivity index (χ0n) is 16.6. The van der Waals surface area contributed by atoms with E-state index in [0.717, 1.165) is 0 Å². The van der Waals surface area contributed by atoms with Crippen LogP contribution >= 0.6 is 0 Å². The van der Waals surface area contributed by atoms with Gasteiger partial charge in [-0.15, -0.1) is 0 Å². The number of carbonyl (C=O) groups is 1. The van der Waals surface area contributed by atoms with Crippen molar-refractivity contribution in [2.75, 3.05) is 17.7 Å². The van der Waals surface area contributed by atoms with Crippen molar-refractivity contribution in [3.8, 4) is 5.88 Å². The highest BCUT2D eigenvalue weighted by molar-refractivity contribution is 7.91. The Kier molecular flexibility index (Phi) is 7.08. The van der Waals surface area contributed by atoms with Crippen LogP contribution in [-0.4, -0.2) is 26.1 Å². The molecule has 1 amide bonds. The minimum Gasteiger partial charge on any atom is -0.454 e. The van der Waals surface area contributed by atoms with E-state index in [1.54, 1.807) is 42.5 Å². The first-order valence-corrected chi connectivity index (χ1v) is 11.0. The third-order valence-corrected chi connectivity index (χ3v) is 6.10. The van der Waals surface area contributed by atoms with E-state index in [4.69, 9.17) is 10.5 Å². The zero-order chi connectivity index (χ0) is 22.3. The molecule has 164 valence electrons. The summed E-state index contributed by atoms with van der Waals surface area (Å²) in [5.74, 6) is -0.546. The van der Waals surface area contributed by atoms with Gasteiger partial charge in [-0.1, -0.05) is 30.3 Å². The number of benzene rings is 2. The number of para-hydroxylation sites is 2. The molecular weight excluding hydrogens is 424 g/mol. The summed E-state index contributed by atoms with van der Waals surface area (Å²) in [7, 11) is -4.14. The van der Waals surface area contributed by atoms with E-state index in [9.17, 15) is 18.4 Å². The second kappa shape index (κ2) is 9.94. The first-order valence-electron chi connectivity index (χ1n) is 9.56. The van der Waals surface area contributed by atoms with Gasteiger partial charge in [0.25, 0.3) is 9.84 Å². The Hall–Kier alpha value is -3.60. The third kappa shape index (κ3) is 5.51. The van der Waals surface area contributed by atoms with E-state index in [2.05, 4.69) is 15.1 Å². The number of nitrogens with one attached hydrogen (secondary N) is 1. The molecule has 2 aromatic carbocycles. The number of ether oxygens (including phenoxy) is 1. The fourth-order valence-corrected chi connectivity index (χ4v) is 4.09. The average Bonchev–Trinajstić information content (AvgIpc) is 3.14. The summed E-state index contributed by atoms with van der Waals surface area (Å²) in [4.78, 5) is 11.7. The Morgan fingerprint density at radius 1 is 1.10 bits per heavy atom. The average molecular weight is 446 g/mol. The normalized spacial score (nSPS) is 11.2. The maximum Gasteiger partial charge on any atom is 0.414 e. The van der Waals surface area contributed by atoms with Crippen molar-refractivity contribution >= 4 is 27.1 Å². The number of rotatable bonds is 10. The number of anilines is 2. The molecule has 0 saturated heterocycles. The van der Waals surface area contributed by atoms with E-state index in [0.29, 0.717) is 37.1 Å². The van der Waals surface area contributed by atoms with Crippen LogP contribution in [-0.2, 0) is 14.6 Å². The van der Waals surface area contributed by atoms with Gasteiger partial charge in [0, 0.05) is 6.42 Å². The number of aromatic nitrogens is 2. The molecule has 0 aliphatic carbocycles. The van der Waals surface area contributed by atoms with Gasteiger partial charge in [0.15, 0.2) is 0 Å². The van der Waals surface area contributed by atoms with Crippen molar-refractivity contribution in [3.63, 3.8) is 0 Å². The molecule has 0 aliphatic rings. The predicted octanol–water partition coefficient (Wildman–Crippen LogP) is 2.30. The summed E-state index contributed by atoms with van der Waals surface area (Å²) in [6, 6.07) is 14.5. The van der Waals surface area contributed by atoms with Crippen LogP contribution in [0, 0.1) is 5.21 Å². The molecule has 11 heteroatoms. The monoisotopic (exact) mass is 446 g/mol. The van der Waals surface area contributed by atoms with Gasteiger partial charge in [-0.3, -0.25) is 9.42 Å². The van der Waals surface area contributed by atoms with E-state index < -0.39 is 20.7 Å². The lowest BCUT2D eigenvalue weighted by molar-refractivity contribution is -0.832. The van der Waals surface area contributed by atoms with Crippen molar-refractivity contribution in [2.24, 2.45) is 0 Å². The van der Waals surface area contributed by atoms with Gasteiger partial charge in [-0.2, -0.15) is 0 Å². The molecule has 3 rings (SSSR count). The van der Waals surface area contributed by atoms with E-state index >= 15 is 0 Å². The fraction of sp³-hybridized carbons (Fsp3) is 0.250. The molecule has 0 fully saturated rings. The van der Waals surface area contributed by atoms with Crippen LogP contribution in [0.3, 0.4) is 0 Å². The molecule has 1 aromatic heterocycles. The maximum atomic E-state index is 12.7. The van der Waals surface area contributed by atoms with Crippen LogP contribution in [0.1, 0.15) is 25.7 Å². The number of amides is 1. The smallest absolute Gasteiger partial charge is 0.414 e. The van der Waals surface area contributed by atoms with Crippen molar-refractivity contribution in [1.29, 1.82) is 0 Å². The second-order valence-corrected chi connectivity index (χ2v) is 8.52. The molecule has 0 unspecified atom stereocenters. The first kappa shape index (κ1) is 22.1. The van der Waals surface area contributed by atoms with Crippen LogP contribution in [0.2, 0.25) is 0 Å². The largest absolute Gasteiger partial charge is 0.454 e. The molecule has 3 N–H and O–H groups in total. The highest BCUT2D eigenvalue weighted by Crippen LogP contribution is 2.25. The molecule has 0 radical (unpaired) electrons. The van der Waals surface area contributed by atoms with Crippen molar-refractivity contribution in [2.45, 2.75) is 35.6 Å². The number of hydrogen-bond acceptors (Lipinski definition) is 8. The number of nitrogens with two attached hydrogens (primary N) is 1. The molecule has 0 bridgehead atoms. The molecular formula is C20H22N4O6S. The van der Waals surface area contributed by atoms with Crippen LogP contribution in [0.5, 0.6) is 5.88 Å². The van der Waals surface area contributed by atoms with Gasteiger partial charge in [0.2, 0.25) is 5.91 Å². The summed E-state index contributed by atoms with van der Waals surface area (Å²) in [5, 5.41) is 17.3. The predicted molar refractivity (Wildman–Crippen MR) is 111 cm³/mol. The second-order valence-electron chi connectivity index (χ2n) is 6.65. The van der Waals surface area contributed by atoms with Gasteiger partial charge in [0.05, 0.1) is 28.0 Å². The molecule has 31 heavy (non-hydrogen) atoms. The number of hydrogen-bond donors (Lipinski definition) is 2. The molecule has 0 saturated carbocycles. The Balaban J connectivity index is 1.47. The highest BCUT2D eigenvalue weighted by Gasteiger charge is 2.35. The topological polar surface area (TPSA) is 151 Å². The number of nitrogen functional groups attached to an aromatic ring is 1. The molecule has 0 spiro atoms. The number of sulfone groups is 1. The quantitative estimate of drug-likeness (QED) is 0.273. The van der Waals surface area contributed by atoms with Crippen molar-refractivity contribution < 1.29 is 27.5 Å². The lowest BCUT2D eigenvalue weighted by atomic mass is 10.2. The third-order valence-electron chi connectivity index (χ3n) is 4.38. The number of nitrogens with zero attached hydrogens (tertiary/aromatic N) is 2. The van der Waals surface area contributed by atoms with Gasteiger partial charge < -0.3 is 21.0 Å². The number of carbonyl (C=O) groups excluding carboxylic acids is 1. The van der Waals surface area contributed by atoms with E-state index in [-0.39, 0.29) is 22.3 Å². The van der Waals surface area contributed by atoms with Crippen LogP contribution in [0.25, 0.3) is 0 Å². The Morgan fingerprint density at radius 2 is 1.81 bits per heavy atom. The molecule has 10 nitrogen and oxygen atoms in total. The van der Waals surface area contributed by atoms with Crippen LogP contribution < -0.4 is 20.7 Å². The molecule has 1 heterocycles. The fourth-order valence-electron chi connectivity index (χ4n) is 2.80. The minimum atomic E-state index is -4.14. The zero-order valence-corrected chi connectivity index (χ0v) is 17.4. The van der Waals surface area contributed by atoms with Gasteiger partial charge in [0.1, 0.15) is 0 Å². The minimum absolute atomic E-state index is 0.0716. The standard InChI is InChI=1S/C20H22N4O6S/c21-16-11-6-7-12-17(16)22-18(25)13-5-2-8-14-29-19-20(24(26)30-23-19)31(27,28)15-9-3-1-4-10-15/h1,3-4,6-7,9-12H,2,5,8,13-14,21H2,(H,22,25). The molecule has 0 atom stereocenters. The maximum absolute atomic E-state index is 12.7. The number of unbranched alkanes of at least 4 members (excludes halogenated alkanes) is 2. The Bertz CT molecular complexity index is 1130. The lowest BCUT2D eigenvalue weighted by Crippen LogP contribution is -2.30. The van der Waals surface area contributed by atoms with E-state index in [1.807, 2.05) is 0 Å². The van der Waals surface area contributed by atoms with Gasteiger partial charge in [-0.25, -0.2) is 8.42 Å². The first-order chi connectivity index (χ1) is 14.9. The summed E-state index contributed by atoms with van der Waals surface area (Å²) in [5.41, 5.74) is 6.85. The van der Waals surface area contributed by atoms with Crippen LogP contribution in [0.4, 0.5) is 11.4 Å². The molecule has 0 aliphatic heterocycles. The van der Waals surface area contributed by atoms with Crippen LogP contribution in [0.15, 0.2) is 69.1 Å². The SMILES string of the molecule is Nc1ccccc1NC(=O)CCCCCOc1no[n+]([O-])c1S(=O)(=O)c1ccccc1. The van der Waals surface area contributed by atoms with E-state index in [1.165, 1.54) is 12.1 Å². The lowest BCUT2D eigenvalue weighted by Gasteiger charge is -2.07. The summed E-state index contributed by atoms with van der Waals surface area (Å²) >= 11 is 0. The summed E-state index contributed by atoms with van der Waals surface area (Å²) < 4.78 is 35.1. The Morgan fingerprint density at radius 3 is 2.55 bits per heavy atom.